The van der Waals surface area contributed by atoms with Crippen molar-refractivity contribution in [3.05, 3.63) is 18.0 Å². The van der Waals surface area contributed by atoms with E-state index in [4.69, 9.17) is 21.1 Å². The van der Waals surface area contributed by atoms with E-state index in [-0.39, 0.29) is 0 Å². The van der Waals surface area contributed by atoms with Gasteiger partial charge in [-0.25, -0.2) is 4.98 Å². The standard InChI is InChI=1S/C10H11ClN2O2/c1-14-8-3-6-7(4-9(8)15-2)13-10(5-11)12-6/h3-4H,5H2,1-2H3,(H,12,13). The van der Waals surface area contributed by atoms with Crippen molar-refractivity contribution in [3.8, 4) is 11.5 Å². The summed E-state index contributed by atoms with van der Waals surface area (Å²) >= 11 is 5.69. The summed E-state index contributed by atoms with van der Waals surface area (Å²) < 4.78 is 10.4. The summed E-state index contributed by atoms with van der Waals surface area (Å²) in [5.41, 5.74) is 1.71. The van der Waals surface area contributed by atoms with E-state index >= 15 is 0 Å². The zero-order valence-electron chi connectivity index (χ0n) is 8.50. The van der Waals surface area contributed by atoms with Crippen LogP contribution in [-0.2, 0) is 5.88 Å². The van der Waals surface area contributed by atoms with E-state index in [1.165, 1.54) is 0 Å². The summed E-state index contributed by atoms with van der Waals surface area (Å²) in [7, 11) is 3.20. The van der Waals surface area contributed by atoms with Crippen LogP contribution >= 0.6 is 11.6 Å². The third kappa shape index (κ3) is 1.72. The third-order valence-electron chi connectivity index (χ3n) is 2.16. The molecule has 15 heavy (non-hydrogen) atoms. The van der Waals surface area contributed by atoms with Gasteiger partial charge in [-0.05, 0) is 0 Å². The number of benzene rings is 1. The number of nitrogens with zero attached hydrogens (tertiary/aromatic N) is 1. The molecule has 80 valence electrons. The number of aromatic amines is 1. The molecule has 0 aliphatic heterocycles. The van der Waals surface area contributed by atoms with Crippen LogP contribution in [0.1, 0.15) is 5.82 Å². The van der Waals surface area contributed by atoms with E-state index in [0.717, 1.165) is 16.9 Å². The van der Waals surface area contributed by atoms with E-state index in [2.05, 4.69) is 9.97 Å². The summed E-state index contributed by atoms with van der Waals surface area (Å²) in [5.74, 6) is 2.44. The molecule has 2 rings (SSSR count). The molecule has 1 aromatic carbocycles. The van der Waals surface area contributed by atoms with Gasteiger partial charge in [-0.3, -0.25) is 0 Å². The fourth-order valence-electron chi connectivity index (χ4n) is 1.45. The molecule has 0 fully saturated rings. The monoisotopic (exact) mass is 226 g/mol. The van der Waals surface area contributed by atoms with E-state index in [1.807, 2.05) is 12.1 Å². The highest BCUT2D eigenvalue weighted by Gasteiger charge is 2.09. The molecule has 4 nitrogen and oxygen atoms in total. The highest BCUT2D eigenvalue weighted by Crippen LogP contribution is 2.31. The number of ether oxygens (including phenoxy) is 2. The molecule has 0 saturated heterocycles. The van der Waals surface area contributed by atoms with Crippen LogP contribution in [0, 0.1) is 0 Å². The van der Waals surface area contributed by atoms with Crippen LogP contribution in [0.15, 0.2) is 12.1 Å². The molecule has 0 amide bonds. The van der Waals surface area contributed by atoms with Gasteiger partial charge in [0.1, 0.15) is 5.82 Å². The smallest absolute Gasteiger partial charge is 0.163 e. The Hall–Kier alpha value is -1.42. The van der Waals surface area contributed by atoms with Crippen molar-refractivity contribution in [2.24, 2.45) is 0 Å². The Bertz CT molecular complexity index is 440. The first kappa shape index (κ1) is 10.1. The lowest BCUT2D eigenvalue weighted by Crippen LogP contribution is -1.89. The maximum Gasteiger partial charge on any atom is 0.163 e. The Labute approximate surface area is 92.2 Å². The lowest BCUT2D eigenvalue weighted by molar-refractivity contribution is 0.356. The molecule has 2 aromatic rings. The Morgan fingerprint density at radius 2 is 1.93 bits per heavy atom. The number of H-pyrrole nitrogens is 1. The lowest BCUT2D eigenvalue weighted by atomic mass is 10.3. The van der Waals surface area contributed by atoms with Crippen LogP contribution in [0.2, 0.25) is 0 Å². The number of fused-ring (bicyclic) bond motifs is 1. The fraction of sp³-hybridized carbons (Fsp3) is 0.300. The van der Waals surface area contributed by atoms with Crippen molar-refractivity contribution in [2.45, 2.75) is 5.88 Å². The van der Waals surface area contributed by atoms with E-state index in [1.54, 1.807) is 14.2 Å². The average Bonchev–Trinajstić information content (AvgIpc) is 2.68. The highest BCUT2D eigenvalue weighted by atomic mass is 35.5. The molecule has 0 unspecified atom stereocenters. The average molecular weight is 227 g/mol. The molecule has 0 aliphatic carbocycles. The number of aromatic nitrogens is 2. The summed E-state index contributed by atoms with van der Waals surface area (Å²) in [6.07, 6.45) is 0. The minimum Gasteiger partial charge on any atom is -0.493 e. The maximum absolute atomic E-state index is 5.69. The summed E-state index contributed by atoms with van der Waals surface area (Å²) in [6, 6.07) is 3.66. The predicted molar refractivity (Wildman–Crippen MR) is 58.8 cm³/mol. The number of methoxy groups -OCH3 is 2. The summed E-state index contributed by atoms with van der Waals surface area (Å²) in [5, 5.41) is 0. The van der Waals surface area contributed by atoms with Crippen LogP contribution in [0.5, 0.6) is 11.5 Å². The van der Waals surface area contributed by atoms with Crippen LogP contribution < -0.4 is 9.47 Å². The second kappa shape index (κ2) is 3.98. The number of nitrogens with one attached hydrogen (secondary N) is 1. The fourth-order valence-corrected chi connectivity index (χ4v) is 1.58. The third-order valence-corrected chi connectivity index (χ3v) is 2.42. The molecule has 1 aromatic heterocycles. The topological polar surface area (TPSA) is 47.1 Å². The molecule has 0 atom stereocenters. The zero-order chi connectivity index (χ0) is 10.8. The highest BCUT2D eigenvalue weighted by molar-refractivity contribution is 6.16. The Balaban J connectivity index is 2.61. The molecule has 0 radical (unpaired) electrons. The lowest BCUT2D eigenvalue weighted by Gasteiger charge is -2.06. The van der Waals surface area contributed by atoms with Gasteiger partial charge >= 0.3 is 0 Å². The second-order valence-electron chi connectivity index (χ2n) is 3.04. The van der Waals surface area contributed by atoms with Crippen LogP contribution in [0.25, 0.3) is 11.0 Å². The van der Waals surface area contributed by atoms with Gasteiger partial charge in [0.2, 0.25) is 0 Å². The predicted octanol–water partition coefficient (Wildman–Crippen LogP) is 2.32. The molecule has 5 heteroatoms. The molecule has 0 aliphatic rings. The Kier molecular flexibility index (Phi) is 2.68. The Morgan fingerprint density at radius 1 is 1.27 bits per heavy atom. The van der Waals surface area contributed by atoms with Gasteiger partial charge in [0, 0.05) is 12.1 Å². The van der Waals surface area contributed by atoms with Crippen molar-refractivity contribution in [3.63, 3.8) is 0 Å². The van der Waals surface area contributed by atoms with Crippen molar-refractivity contribution >= 4 is 22.6 Å². The van der Waals surface area contributed by atoms with Crippen molar-refractivity contribution in [2.75, 3.05) is 14.2 Å². The van der Waals surface area contributed by atoms with Crippen LogP contribution in [0.4, 0.5) is 0 Å². The van der Waals surface area contributed by atoms with Crippen molar-refractivity contribution < 1.29 is 9.47 Å². The number of halogens is 1. The molecular formula is C10H11ClN2O2. The molecule has 0 spiro atoms. The van der Waals surface area contributed by atoms with Gasteiger partial charge in [0.15, 0.2) is 11.5 Å². The van der Waals surface area contributed by atoms with Gasteiger partial charge in [-0.15, -0.1) is 11.6 Å². The van der Waals surface area contributed by atoms with Gasteiger partial charge in [0.05, 0.1) is 31.1 Å². The number of hydrogen-bond acceptors (Lipinski definition) is 3. The van der Waals surface area contributed by atoms with Gasteiger partial charge in [0.25, 0.3) is 0 Å². The molecule has 0 bridgehead atoms. The summed E-state index contributed by atoms with van der Waals surface area (Å²) in [6.45, 7) is 0. The zero-order valence-corrected chi connectivity index (χ0v) is 9.26. The minimum absolute atomic E-state index is 0.360. The molecule has 1 heterocycles. The van der Waals surface area contributed by atoms with Crippen molar-refractivity contribution in [1.29, 1.82) is 0 Å². The van der Waals surface area contributed by atoms with Gasteiger partial charge < -0.3 is 14.5 Å². The molecular weight excluding hydrogens is 216 g/mol. The number of imidazole rings is 1. The minimum atomic E-state index is 0.360. The molecule has 1 N–H and O–H groups in total. The first-order valence-electron chi connectivity index (χ1n) is 4.45. The van der Waals surface area contributed by atoms with Crippen molar-refractivity contribution in [1.82, 2.24) is 9.97 Å². The van der Waals surface area contributed by atoms with Crippen LogP contribution in [-0.4, -0.2) is 24.2 Å². The van der Waals surface area contributed by atoms with E-state index < -0.39 is 0 Å². The van der Waals surface area contributed by atoms with Gasteiger partial charge in [-0.2, -0.15) is 0 Å². The number of rotatable bonds is 3. The summed E-state index contributed by atoms with van der Waals surface area (Å²) in [4.78, 5) is 7.38. The number of alkyl halides is 1. The molecule has 0 saturated carbocycles. The van der Waals surface area contributed by atoms with E-state index in [0.29, 0.717) is 17.4 Å². The van der Waals surface area contributed by atoms with Crippen LogP contribution in [0.3, 0.4) is 0 Å². The SMILES string of the molecule is COc1cc2nc(CCl)[nH]c2cc1OC. The normalized spacial score (nSPS) is 10.6. The largest absolute Gasteiger partial charge is 0.493 e. The number of hydrogen-bond donors (Lipinski definition) is 1. The van der Waals surface area contributed by atoms with Gasteiger partial charge in [-0.1, -0.05) is 0 Å². The quantitative estimate of drug-likeness (QED) is 0.817. The Morgan fingerprint density at radius 3 is 2.53 bits per heavy atom. The van der Waals surface area contributed by atoms with E-state index in [9.17, 15) is 0 Å². The first-order valence-corrected chi connectivity index (χ1v) is 4.98. The first-order chi connectivity index (χ1) is 7.28. The second-order valence-corrected chi connectivity index (χ2v) is 3.31. The maximum atomic E-state index is 5.69.